The smallest absolute Gasteiger partial charge is 0.262 e. The number of rotatable bonds is 4. The molecular weight excluding hydrogens is 311 g/mol. The van der Waals surface area contributed by atoms with Crippen LogP contribution in [0.4, 0.5) is 11.4 Å². The highest BCUT2D eigenvalue weighted by Gasteiger charge is 2.08. The molecule has 0 aliphatic rings. The number of nitrogen functional groups attached to an aromatic ring is 1. The van der Waals surface area contributed by atoms with Crippen molar-refractivity contribution in [1.82, 2.24) is 0 Å². The normalized spacial score (nSPS) is 10.2. The number of carbonyl (C=O) groups excluding carboxylic acids is 1. The van der Waals surface area contributed by atoms with Crippen molar-refractivity contribution >= 4 is 40.5 Å². The molecule has 4 nitrogen and oxygen atoms in total. The third kappa shape index (κ3) is 4.28. The van der Waals surface area contributed by atoms with Gasteiger partial charge in [-0.3, -0.25) is 4.79 Å². The number of carbonyl (C=O) groups is 1. The van der Waals surface area contributed by atoms with Crippen LogP contribution in [0.5, 0.6) is 5.75 Å². The quantitative estimate of drug-likeness (QED) is 0.838. The van der Waals surface area contributed by atoms with Crippen LogP contribution in [0, 0.1) is 6.92 Å². The molecule has 0 heterocycles. The summed E-state index contributed by atoms with van der Waals surface area (Å²) in [6.07, 6.45) is 0. The summed E-state index contributed by atoms with van der Waals surface area (Å²) in [6.45, 7) is 1.75. The first-order valence-electron chi connectivity index (χ1n) is 6.19. The lowest BCUT2D eigenvalue weighted by Gasteiger charge is -2.10. The predicted octanol–water partition coefficient (Wildman–Crippen LogP) is 3.90. The largest absolute Gasteiger partial charge is 0.482 e. The second-order valence-corrected chi connectivity index (χ2v) is 5.35. The number of amides is 1. The number of benzene rings is 2. The Morgan fingerprint density at radius 3 is 2.67 bits per heavy atom. The monoisotopic (exact) mass is 324 g/mol. The molecule has 6 heteroatoms. The van der Waals surface area contributed by atoms with Crippen LogP contribution in [-0.4, -0.2) is 12.5 Å². The fourth-order valence-corrected chi connectivity index (χ4v) is 2.18. The summed E-state index contributed by atoms with van der Waals surface area (Å²) in [6, 6.07) is 10.2. The van der Waals surface area contributed by atoms with Crippen molar-refractivity contribution in [3.8, 4) is 5.75 Å². The van der Waals surface area contributed by atoms with Gasteiger partial charge in [0.1, 0.15) is 5.75 Å². The number of hydrogen-bond acceptors (Lipinski definition) is 3. The zero-order valence-electron chi connectivity index (χ0n) is 11.3. The lowest BCUT2D eigenvalue weighted by Crippen LogP contribution is -2.20. The molecule has 21 heavy (non-hydrogen) atoms. The molecule has 0 aromatic heterocycles. The molecule has 0 saturated heterocycles. The second kappa shape index (κ2) is 6.70. The molecule has 2 aromatic rings. The van der Waals surface area contributed by atoms with E-state index in [2.05, 4.69) is 5.32 Å². The molecule has 0 bridgehead atoms. The maximum Gasteiger partial charge on any atom is 0.262 e. The van der Waals surface area contributed by atoms with Crippen LogP contribution in [0.2, 0.25) is 10.0 Å². The van der Waals surface area contributed by atoms with Crippen molar-refractivity contribution in [2.24, 2.45) is 0 Å². The van der Waals surface area contributed by atoms with Gasteiger partial charge in [-0.15, -0.1) is 0 Å². The molecule has 3 N–H and O–H groups in total. The van der Waals surface area contributed by atoms with Crippen LogP contribution < -0.4 is 15.8 Å². The summed E-state index contributed by atoms with van der Waals surface area (Å²) >= 11 is 11.7. The Labute approximate surface area is 132 Å². The summed E-state index contributed by atoms with van der Waals surface area (Å²) < 4.78 is 5.35. The Balaban J connectivity index is 1.96. The topological polar surface area (TPSA) is 64.3 Å². The number of aryl methyl sites for hydroxylation is 1. The lowest BCUT2D eigenvalue weighted by atomic mass is 10.2. The van der Waals surface area contributed by atoms with Crippen molar-refractivity contribution in [3.63, 3.8) is 0 Å². The first-order valence-corrected chi connectivity index (χ1v) is 6.95. The van der Waals surface area contributed by atoms with E-state index in [4.69, 9.17) is 33.7 Å². The molecule has 1 amide bonds. The summed E-state index contributed by atoms with van der Waals surface area (Å²) in [4.78, 5) is 11.8. The van der Waals surface area contributed by atoms with Crippen LogP contribution >= 0.6 is 23.2 Å². The van der Waals surface area contributed by atoms with E-state index >= 15 is 0 Å². The molecule has 0 saturated carbocycles. The van der Waals surface area contributed by atoms with Gasteiger partial charge < -0.3 is 15.8 Å². The molecule has 0 atom stereocenters. The van der Waals surface area contributed by atoms with E-state index in [1.54, 1.807) is 30.3 Å². The van der Waals surface area contributed by atoms with E-state index in [0.29, 0.717) is 27.2 Å². The summed E-state index contributed by atoms with van der Waals surface area (Å²) in [5.74, 6) is 0.0738. The Bertz CT molecular complexity index is 675. The third-order valence-corrected chi connectivity index (χ3v) is 3.26. The number of anilines is 2. The highest BCUT2D eigenvalue weighted by molar-refractivity contribution is 6.35. The SMILES string of the molecule is Cc1ccc(NC(=O)COc2ccc(Cl)cc2Cl)c(N)c1. The van der Waals surface area contributed by atoms with Crippen molar-refractivity contribution in [1.29, 1.82) is 0 Å². The standard InChI is InChI=1S/C15H14Cl2N2O2/c1-9-2-4-13(12(18)6-9)19-15(20)8-21-14-5-3-10(16)7-11(14)17/h2-7H,8,18H2,1H3,(H,19,20). The maximum absolute atomic E-state index is 11.8. The van der Waals surface area contributed by atoms with Gasteiger partial charge in [0, 0.05) is 5.02 Å². The van der Waals surface area contributed by atoms with Gasteiger partial charge in [0.2, 0.25) is 0 Å². The van der Waals surface area contributed by atoms with Gasteiger partial charge >= 0.3 is 0 Å². The van der Waals surface area contributed by atoms with Crippen LogP contribution in [0.3, 0.4) is 0 Å². The first kappa shape index (κ1) is 15.5. The van der Waals surface area contributed by atoms with Crippen LogP contribution in [0.15, 0.2) is 36.4 Å². The minimum Gasteiger partial charge on any atom is -0.482 e. The number of nitrogens with one attached hydrogen (secondary N) is 1. The fourth-order valence-electron chi connectivity index (χ4n) is 1.72. The molecule has 0 spiro atoms. The van der Waals surface area contributed by atoms with Crippen LogP contribution in [0.25, 0.3) is 0 Å². The number of hydrogen-bond donors (Lipinski definition) is 2. The second-order valence-electron chi connectivity index (χ2n) is 4.50. The average Bonchev–Trinajstić information content (AvgIpc) is 2.41. The van der Waals surface area contributed by atoms with E-state index in [9.17, 15) is 4.79 Å². The van der Waals surface area contributed by atoms with Gasteiger partial charge in [-0.1, -0.05) is 29.3 Å². The molecule has 0 aliphatic carbocycles. The lowest BCUT2D eigenvalue weighted by molar-refractivity contribution is -0.118. The van der Waals surface area contributed by atoms with Crippen molar-refractivity contribution in [2.75, 3.05) is 17.7 Å². The Morgan fingerprint density at radius 1 is 1.24 bits per heavy atom. The molecule has 2 aromatic carbocycles. The Kier molecular flexibility index (Phi) is 4.94. The van der Waals surface area contributed by atoms with Gasteiger partial charge in [-0.25, -0.2) is 0 Å². The van der Waals surface area contributed by atoms with Gasteiger partial charge in [0.25, 0.3) is 5.91 Å². The van der Waals surface area contributed by atoms with Crippen molar-refractivity contribution in [2.45, 2.75) is 6.92 Å². The summed E-state index contributed by atoms with van der Waals surface area (Å²) in [5, 5.41) is 3.54. The zero-order chi connectivity index (χ0) is 15.4. The molecule has 0 unspecified atom stereocenters. The van der Waals surface area contributed by atoms with E-state index in [1.807, 2.05) is 13.0 Å². The van der Waals surface area contributed by atoms with Crippen LogP contribution in [0.1, 0.15) is 5.56 Å². The molecule has 2 rings (SSSR count). The summed E-state index contributed by atoms with van der Waals surface area (Å²) in [7, 11) is 0. The van der Waals surface area contributed by atoms with E-state index in [1.165, 1.54) is 0 Å². The molecule has 0 fully saturated rings. The number of halogens is 2. The van der Waals surface area contributed by atoms with Gasteiger partial charge in [0.15, 0.2) is 6.61 Å². The highest BCUT2D eigenvalue weighted by Crippen LogP contribution is 2.27. The highest BCUT2D eigenvalue weighted by atomic mass is 35.5. The summed E-state index contributed by atoms with van der Waals surface area (Å²) in [5.41, 5.74) is 7.91. The minimum atomic E-state index is -0.323. The van der Waals surface area contributed by atoms with E-state index in [-0.39, 0.29) is 12.5 Å². The Morgan fingerprint density at radius 2 is 2.00 bits per heavy atom. The fraction of sp³-hybridized carbons (Fsp3) is 0.133. The molecule has 0 radical (unpaired) electrons. The van der Waals surface area contributed by atoms with Gasteiger partial charge in [-0.05, 0) is 42.8 Å². The molecule has 0 aliphatic heterocycles. The zero-order valence-corrected chi connectivity index (χ0v) is 12.8. The average molecular weight is 325 g/mol. The van der Waals surface area contributed by atoms with Crippen molar-refractivity contribution in [3.05, 3.63) is 52.0 Å². The minimum absolute atomic E-state index is 0.172. The number of nitrogens with two attached hydrogens (primary N) is 1. The van der Waals surface area contributed by atoms with Crippen LogP contribution in [-0.2, 0) is 4.79 Å². The van der Waals surface area contributed by atoms with Gasteiger partial charge in [0.05, 0.1) is 16.4 Å². The third-order valence-electron chi connectivity index (χ3n) is 2.73. The first-order chi connectivity index (χ1) is 9.95. The van der Waals surface area contributed by atoms with Crippen molar-refractivity contribution < 1.29 is 9.53 Å². The maximum atomic E-state index is 11.8. The van der Waals surface area contributed by atoms with Gasteiger partial charge in [-0.2, -0.15) is 0 Å². The molecular formula is C15H14Cl2N2O2. The molecule has 110 valence electrons. The van der Waals surface area contributed by atoms with E-state index in [0.717, 1.165) is 5.56 Å². The number of ether oxygens (including phenoxy) is 1. The Hall–Kier alpha value is -1.91. The van der Waals surface area contributed by atoms with E-state index < -0.39 is 0 Å². The predicted molar refractivity (Wildman–Crippen MR) is 86.2 cm³/mol.